The predicted octanol–water partition coefficient (Wildman–Crippen LogP) is 2.34. The van der Waals surface area contributed by atoms with Crippen LogP contribution in [0.1, 0.15) is 10.4 Å². The summed E-state index contributed by atoms with van der Waals surface area (Å²) in [6.07, 6.45) is 0. The first-order chi connectivity index (χ1) is 13.5. The van der Waals surface area contributed by atoms with Crippen LogP contribution in [0.25, 0.3) is 22.2 Å². The third-order valence-electron chi connectivity index (χ3n) is 4.14. The fourth-order valence-electron chi connectivity index (χ4n) is 2.95. The lowest BCUT2D eigenvalue weighted by Gasteiger charge is -2.16. The van der Waals surface area contributed by atoms with E-state index in [1.165, 1.54) is 21.3 Å². The smallest absolute Gasteiger partial charge is 0.281 e. The number of methoxy groups -OCH3 is 3. The summed E-state index contributed by atoms with van der Waals surface area (Å²) in [5, 5.41) is 0.426. The lowest BCUT2D eigenvalue weighted by atomic mass is 10.0. The van der Waals surface area contributed by atoms with Gasteiger partial charge in [-0.15, -0.1) is 0 Å². The third-order valence-corrected chi connectivity index (χ3v) is 4.14. The molecule has 0 bridgehead atoms. The Hall–Kier alpha value is -3.81. The molecule has 0 atom stereocenters. The molecule has 144 valence electrons. The molecule has 0 aliphatic heterocycles. The molecule has 0 aliphatic carbocycles. The monoisotopic (exact) mass is 380 g/mol. The van der Waals surface area contributed by atoms with Crippen molar-refractivity contribution in [3.63, 3.8) is 0 Å². The summed E-state index contributed by atoms with van der Waals surface area (Å²) in [6, 6.07) is 12.7. The van der Waals surface area contributed by atoms with Crippen molar-refractivity contribution in [2.75, 3.05) is 21.3 Å². The third kappa shape index (κ3) is 3.39. The number of aromatic nitrogens is 1. The van der Waals surface area contributed by atoms with Gasteiger partial charge in [0.15, 0.2) is 17.5 Å². The first-order valence-electron chi connectivity index (χ1n) is 8.33. The maximum Gasteiger partial charge on any atom is 0.281 e. The van der Waals surface area contributed by atoms with E-state index in [0.29, 0.717) is 33.8 Å². The Balaban J connectivity index is 2.46. The van der Waals surface area contributed by atoms with Crippen molar-refractivity contribution in [3.05, 3.63) is 48.0 Å². The van der Waals surface area contributed by atoms with Gasteiger partial charge < -0.3 is 25.7 Å². The summed E-state index contributed by atoms with van der Waals surface area (Å²) < 4.78 is 16.4. The molecular formula is C20H20N4O4. The summed E-state index contributed by atoms with van der Waals surface area (Å²) in [5.74, 6) is 0.222. The number of hydrogen-bond acceptors (Lipinski definition) is 5. The molecule has 0 unspecified atom stereocenters. The number of carbonyl (C=O) groups is 1. The van der Waals surface area contributed by atoms with Crippen molar-refractivity contribution < 1.29 is 19.0 Å². The second kappa shape index (κ2) is 7.83. The predicted molar refractivity (Wildman–Crippen MR) is 107 cm³/mol. The summed E-state index contributed by atoms with van der Waals surface area (Å²) in [5.41, 5.74) is 12.8. The van der Waals surface area contributed by atoms with Gasteiger partial charge in [0.25, 0.3) is 5.91 Å². The molecule has 8 nitrogen and oxygen atoms in total. The van der Waals surface area contributed by atoms with E-state index < -0.39 is 5.91 Å². The second-order valence-electron chi connectivity index (χ2n) is 5.80. The van der Waals surface area contributed by atoms with Crippen LogP contribution >= 0.6 is 0 Å². The van der Waals surface area contributed by atoms with Crippen LogP contribution in [-0.4, -0.2) is 38.2 Å². The van der Waals surface area contributed by atoms with E-state index in [1.807, 2.05) is 30.3 Å². The van der Waals surface area contributed by atoms with Gasteiger partial charge in [0.05, 0.1) is 38.0 Å². The Bertz CT molecular complexity index is 1060. The van der Waals surface area contributed by atoms with Gasteiger partial charge in [-0.05, 0) is 6.07 Å². The zero-order valence-corrected chi connectivity index (χ0v) is 15.7. The number of benzene rings is 2. The summed E-state index contributed by atoms with van der Waals surface area (Å²) in [7, 11) is 4.49. The largest absolute Gasteiger partial charge is 0.496 e. The van der Waals surface area contributed by atoms with Gasteiger partial charge in [-0.3, -0.25) is 4.79 Å². The number of fused-ring (bicyclic) bond motifs is 1. The number of amides is 1. The number of carbonyl (C=O) groups excluding carboxylic acids is 1. The molecule has 4 N–H and O–H groups in total. The van der Waals surface area contributed by atoms with E-state index in [2.05, 4.69) is 4.99 Å². The van der Waals surface area contributed by atoms with Gasteiger partial charge in [-0.25, -0.2) is 4.98 Å². The Morgan fingerprint density at radius 3 is 2.21 bits per heavy atom. The average Bonchev–Trinajstić information content (AvgIpc) is 2.71. The Labute approximate surface area is 161 Å². The zero-order valence-electron chi connectivity index (χ0n) is 15.7. The molecule has 28 heavy (non-hydrogen) atoms. The first kappa shape index (κ1) is 19.0. The van der Waals surface area contributed by atoms with Crippen molar-refractivity contribution >= 4 is 22.8 Å². The fraction of sp³-hybridized carbons (Fsp3) is 0.150. The minimum absolute atomic E-state index is 0.232. The van der Waals surface area contributed by atoms with Gasteiger partial charge >= 0.3 is 0 Å². The molecule has 2 aromatic carbocycles. The minimum Gasteiger partial charge on any atom is -0.496 e. The van der Waals surface area contributed by atoms with Gasteiger partial charge in [-0.2, -0.15) is 4.99 Å². The molecule has 3 rings (SSSR count). The molecule has 3 aromatic rings. The quantitative estimate of drug-likeness (QED) is 0.514. The molecule has 0 saturated carbocycles. The van der Waals surface area contributed by atoms with E-state index in [-0.39, 0.29) is 11.5 Å². The molecule has 0 radical (unpaired) electrons. The maximum absolute atomic E-state index is 12.8. The first-order valence-corrected chi connectivity index (χ1v) is 8.33. The Morgan fingerprint density at radius 1 is 0.964 bits per heavy atom. The highest BCUT2D eigenvalue weighted by molar-refractivity contribution is 6.14. The average molecular weight is 380 g/mol. The number of aliphatic imine (C=N–C) groups is 1. The van der Waals surface area contributed by atoms with Crippen LogP contribution in [0.2, 0.25) is 0 Å². The number of nitrogens with zero attached hydrogens (tertiary/aromatic N) is 2. The number of guanidine groups is 1. The van der Waals surface area contributed by atoms with E-state index in [0.717, 1.165) is 5.56 Å². The van der Waals surface area contributed by atoms with Crippen molar-refractivity contribution in [3.8, 4) is 28.5 Å². The Kier molecular flexibility index (Phi) is 5.30. The van der Waals surface area contributed by atoms with Crippen LogP contribution in [0, 0.1) is 0 Å². The number of pyridine rings is 1. The lowest BCUT2D eigenvalue weighted by Crippen LogP contribution is -2.24. The van der Waals surface area contributed by atoms with Gasteiger partial charge in [0.1, 0.15) is 11.3 Å². The lowest BCUT2D eigenvalue weighted by molar-refractivity contribution is 0.100. The van der Waals surface area contributed by atoms with Crippen LogP contribution in [0.15, 0.2) is 47.5 Å². The number of nitrogens with two attached hydrogens (primary N) is 2. The summed E-state index contributed by atoms with van der Waals surface area (Å²) in [4.78, 5) is 21.2. The van der Waals surface area contributed by atoms with Gasteiger partial charge in [0, 0.05) is 11.6 Å². The van der Waals surface area contributed by atoms with Crippen LogP contribution in [0.3, 0.4) is 0 Å². The number of rotatable bonds is 5. The number of ether oxygens (including phenoxy) is 3. The molecule has 1 heterocycles. The SMILES string of the molecule is COc1cc(OC)c2c(C(=O)N=C(N)N)cc(-c3ccccc3)nc2c1OC. The molecule has 0 saturated heterocycles. The molecule has 0 fully saturated rings. The van der Waals surface area contributed by atoms with Gasteiger partial charge in [0.2, 0.25) is 0 Å². The van der Waals surface area contributed by atoms with E-state index in [4.69, 9.17) is 30.7 Å². The molecule has 0 aliphatic rings. The minimum atomic E-state index is -0.616. The molecule has 1 aromatic heterocycles. The molecule has 8 heteroatoms. The van der Waals surface area contributed by atoms with Crippen molar-refractivity contribution in [1.82, 2.24) is 4.98 Å². The van der Waals surface area contributed by atoms with Crippen LogP contribution in [0.5, 0.6) is 17.2 Å². The Morgan fingerprint density at radius 2 is 1.64 bits per heavy atom. The van der Waals surface area contributed by atoms with Crippen LogP contribution < -0.4 is 25.7 Å². The molecular weight excluding hydrogens is 360 g/mol. The number of hydrogen-bond donors (Lipinski definition) is 2. The second-order valence-corrected chi connectivity index (χ2v) is 5.80. The fourth-order valence-corrected chi connectivity index (χ4v) is 2.95. The molecule has 1 amide bonds. The van der Waals surface area contributed by atoms with E-state index in [1.54, 1.807) is 12.1 Å². The highest BCUT2D eigenvalue weighted by Gasteiger charge is 2.23. The highest BCUT2D eigenvalue weighted by Crippen LogP contribution is 2.43. The molecule has 0 spiro atoms. The van der Waals surface area contributed by atoms with Crippen molar-refractivity contribution in [2.24, 2.45) is 16.5 Å². The van der Waals surface area contributed by atoms with Crippen molar-refractivity contribution in [2.45, 2.75) is 0 Å². The summed E-state index contributed by atoms with van der Waals surface area (Å²) >= 11 is 0. The zero-order chi connectivity index (χ0) is 20.3. The topological polar surface area (TPSA) is 122 Å². The summed E-state index contributed by atoms with van der Waals surface area (Å²) in [6.45, 7) is 0. The van der Waals surface area contributed by atoms with Crippen molar-refractivity contribution in [1.29, 1.82) is 0 Å². The standard InChI is InChI=1S/C20H20N4O4/c1-26-14-10-15(27-2)18(28-3)17-16(14)12(19(25)24-20(21)22)9-13(23-17)11-7-5-4-6-8-11/h4-10H,1-3H3,(H4,21,22,24,25). The normalized spacial score (nSPS) is 10.4. The van der Waals surface area contributed by atoms with Crippen LogP contribution in [-0.2, 0) is 0 Å². The maximum atomic E-state index is 12.8. The van der Waals surface area contributed by atoms with E-state index >= 15 is 0 Å². The van der Waals surface area contributed by atoms with Gasteiger partial charge in [-0.1, -0.05) is 30.3 Å². The van der Waals surface area contributed by atoms with E-state index in [9.17, 15) is 4.79 Å². The van der Waals surface area contributed by atoms with Crippen LogP contribution in [0.4, 0.5) is 0 Å². The highest BCUT2D eigenvalue weighted by atomic mass is 16.5.